The molecule has 1 heterocycles. The van der Waals surface area contributed by atoms with E-state index in [1.54, 1.807) is 0 Å². The van der Waals surface area contributed by atoms with E-state index < -0.39 is 0 Å². The lowest BCUT2D eigenvalue weighted by molar-refractivity contribution is -0.118. The molecule has 2 radical (unpaired) electrons. The summed E-state index contributed by atoms with van der Waals surface area (Å²) in [4.78, 5) is 10.3. The predicted molar refractivity (Wildman–Crippen MR) is 28.2 cm³/mol. The van der Waals surface area contributed by atoms with Gasteiger partial charge in [0.25, 0.3) is 0 Å². The van der Waals surface area contributed by atoms with Gasteiger partial charge < -0.3 is 4.74 Å². The van der Waals surface area contributed by atoms with Gasteiger partial charge in [-0.1, -0.05) is 0 Å². The van der Waals surface area contributed by atoms with Gasteiger partial charge in [0.05, 0.1) is 6.61 Å². The summed E-state index contributed by atoms with van der Waals surface area (Å²) in [6.45, 7) is 6.19. The van der Waals surface area contributed by atoms with Crippen LogP contribution >= 0.6 is 0 Å². The average molecular weight is 112 g/mol. The first-order valence-corrected chi connectivity index (χ1v) is 2.68. The minimum Gasteiger partial charge on any atom is -0.381 e. The second-order valence-corrected chi connectivity index (χ2v) is 1.96. The first-order valence-electron chi connectivity index (χ1n) is 2.68. The molecule has 0 aromatic heterocycles. The number of ketones is 1. The van der Waals surface area contributed by atoms with Gasteiger partial charge in [-0.15, -0.1) is 0 Å². The van der Waals surface area contributed by atoms with E-state index in [9.17, 15) is 4.79 Å². The first-order chi connectivity index (χ1) is 3.80. The highest BCUT2D eigenvalue weighted by Gasteiger charge is 2.19. The summed E-state index contributed by atoms with van der Waals surface area (Å²) in [7, 11) is 0. The van der Waals surface area contributed by atoms with Gasteiger partial charge in [-0.05, 0) is 6.42 Å². The largest absolute Gasteiger partial charge is 0.381 e. The molecule has 1 atom stereocenters. The molecule has 0 aliphatic carbocycles. The van der Waals surface area contributed by atoms with Crippen LogP contribution in [0.15, 0.2) is 0 Å². The molecule has 0 N–H and O–H groups in total. The summed E-state index contributed by atoms with van der Waals surface area (Å²) in [5.74, 6) is -0.252. The number of ether oxygens (including phenoxy) is 1. The smallest absolute Gasteiger partial charge is 0.142 e. The summed E-state index contributed by atoms with van der Waals surface area (Å²) >= 11 is 0. The Bertz CT molecular complexity index is 92.7. The zero-order valence-electron chi connectivity index (χ0n) is 4.59. The summed E-state index contributed by atoms with van der Waals surface area (Å²) in [6, 6.07) is 0. The van der Waals surface area contributed by atoms with Crippen molar-refractivity contribution in [3.63, 3.8) is 0 Å². The van der Waals surface area contributed by atoms with E-state index >= 15 is 0 Å². The van der Waals surface area contributed by atoms with E-state index in [-0.39, 0.29) is 11.7 Å². The molecule has 2 nitrogen and oxygen atoms in total. The van der Waals surface area contributed by atoms with Crippen LogP contribution in [0.2, 0.25) is 0 Å². The maximum Gasteiger partial charge on any atom is 0.142 e. The molecule has 44 valence electrons. The number of hydrogen-bond donors (Lipinski definition) is 0. The second kappa shape index (κ2) is 2.27. The number of carbonyl (C=O) groups is 1. The van der Waals surface area contributed by atoms with Crippen LogP contribution in [0.4, 0.5) is 0 Å². The fraction of sp³-hybridized carbons (Fsp3) is 0.667. The molecule has 8 heavy (non-hydrogen) atoms. The van der Waals surface area contributed by atoms with Crippen LogP contribution in [0.5, 0.6) is 0 Å². The van der Waals surface area contributed by atoms with E-state index in [0.717, 1.165) is 6.42 Å². The Hall–Kier alpha value is -0.370. The molecule has 1 rings (SSSR count). The highest BCUT2D eigenvalue weighted by Crippen LogP contribution is 2.11. The monoisotopic (exact) mass is 112 g/mol. The molecule has 0 spiro atoms. The molecule has 0 bridgehead atoms. The zero-order valence-corrected chi connectivity index (χ0v) is 4.59. The molecule has 1 fully saturated rings. The van der Waals surface area contributed by atoms with Gasteiger partial charge in [0.1, 0.15) is 5.78 Å². The Balaban J connectivity index is 2.35. The molecular formula is C6H8O2. The van der Waals surface area contributed by atoms with E-state index in [1.165, 1.54) is 0 Å². The van der Waals surface area contributed by atoms with Crippen molar-refractivity contribution < 1.29 is 9.53 Å². The number of Topliss-reactive ketones (excluding diaryl/α,β-unsaturated/α-hetero) is 1. The zero-order chi connectivity index (χ0) is 5.98. The van der Waals surface area contributed by atoms with Gasteiger partial charge in [0.2, 0.25) is 0 Å². The Kier molecular flexibility index (Phi) is 1.63. The lowest BCUT2D eigenvalue weighted by Crippen LogP contribution is -2.09. The molecule has 0 aromatic carbocycles. The molecule has 0 saturated carbocycles. The van der Waals surface area contributed by atoms with Crippen molar-refractivity contribution in [3.05, 3.63) is 6.92 Å². The van der Waals surface area contributed by atoms with Crippen molar-refractivity contribution in [2.45, 2.75) is 6.42 Å². The highest BCUT2D eigenvalue weighted by atomic mass is 16.5. The maximum atomic E-state index is 10.3. The summed E-state index contributed by atoms with van der Waals surface area (Å²) in [6.07, 6.45) is 0.801. The lowest BCUT2D eigenvalue weighted by Gasteiger charge is -1.96. The Morgan fingerprint density at radius 3 is 2.75 bits per heavy atom. The van der Waals surface area contributed by atoms with E-state index in [2.05, 4.69) is 0 Å². The van der Waals surface area contributed by atoms with Crippen molar-refractivity contribution in [2.24, 2.45) is 5.92 Å². The van der Waals surface area contributed by atoms with Crippen LogP contribution < -0.4 is 0 Å². The van der Waals surface area contributed by atoms with Crippen LogP contribution in [0.25, 0.3) is 0 Å². The Morgan fingerprint density at radius 1 is 1.75 bits per heavy atom. The van der Waals surface area contributed by atoms with Gasteiger partial charge in [-0.3, -0.25) is 4.79 Å². The van der Waals surface area contributed by atoms with E-state index in [1.807, 2.05) is 0 Å². The third kappa shape index (κ3) is 1.07. The minimum absolute atomic E-state index is 0.0185. The normalized spacial score (nSPS) is 28.4. The lowest BCUT2D eigenvalue weighted by atomic mass is 10.1. The first kappa shape index (κ1) is 5.76. The third-order valence-electron chi connectivity index (χ3n) is 1.33. The molecule has 1 aliphatic rings. The number of hydrogen-bond acceptors (Lipinski definition) is 2. The van der Waals surface area contributed by atoms with Crippen molar-refractivity contribution in [2.75, 3.05) is 13.2 Å². The van der Waals surface area contributed by atoms with Gasteiger partial charge in [0, 0.05) is 19.4 Å². The minimum atomic E-state index is -0.234. The summed E-state index contributed by atoms with van der Waals surface area (Å²) in [5.41, 5.74) is 0. The average Bonchev–Trinajstić information content (AvgIpc) is 2.12. The van der Waals surface area contributed by atoms with Crippen LogP contribution in [0, 0.1) is 12.8 Å². The molecular weight excluding hydrogens is 104 g/mol. The van der Waals surface area contributed by atoms with Gasteiger partial charge in [-0.2, -0.15) is 0 Å². The molecule has 1 aliphatic heterocycles. The molecule has 0 aromatic rings. The number of carbonyl (C=O) groups excluding carboxylic acids is 1. The molecule has 2 heteroatoms. The highest BCUT2D eigenvalue weighted by molar-refractivity contribution is 5.85. The summed E-state index contributed by atoms with van der Waals surface area (Å²) < 4.78 is 4.92. The maximum absolute atomic E-state index is 10.3. The quantitative estimate of drug-likeness (QED) is 0.487. The third-order valence-corrected chi connectivity index (χ3v) is 1.33. The molecule has 0 amide bonds. The molecule has 1 unspecified atom stereocenters. The van der Waals surface area contributed by atoms with Crippen molar-refractivity contribution in [1.82, 2.24) is 0 Å². The fourth-order valence-electron chi connectivity index (χ4n) is 0.759. The molecule has 1 saturated heterocycles. The van der Waals surface area contributed by atoms with Crippen LogP contribution in [0.3, 0.4) is 0 Å². The van der Waals surface area contributed by atoms with Crippen LogP contribution in [-0.4, -0.2) is 19.0 Å². The predicted octanol–water partition coefficient (Wildman–Crippen LogP) is 0.303. The Labute approximate surface area is 48.8 Å². The topological polar surface area (TPSA) is 26.3 Å². The van der Waals surface area contributed by atoms with Crippen molar-refractivity contribution in [3.8, 4) is 0 Å². The number of rotatable bonds is 1. The van der Waals surface area contributed by atoms with Gasteiger partial charge in [0.15, 0.2) is 0 Å². The van der Waals surface area contributed by atoms with Crippen LogP contribution in [-0.2, 0) is 9.53 Å². The fourth-order valence-corrected chi connectivity index (χ4v) is 0.759. The standard InChI is InChI=1S/C6H8O2/c1-5(7)6-2-3-8-4-6/h1,6H,2-4H2. The van der Waals surface area contributed by atoms with Crippen molar-refractivity contribution >= 4 is 5.78 Å². The van der Waals surface area contributed by atoms with Gasteiger partial charge in [-0.25, -0.2) is 0 Å². The SMILES string of the molecule is [CH]C(=O)C1CCOC1. The second-order valence-electron chi connectivity index (χ2n) is 1.96. The van der Waals surface area contributed by atoms with Crippen molar-refractivity contribution in [1.29, 1.82) is 0 Å². The Morgan fingerprint density at radius 2 is 2.50 bits per heavy atom. The van der Waals surface area contributed by atoms with E-state index in [0.29, 0.717) is 13.2 Å². The van der Waals surface area contributed by atoms with E-state index in [4.69, 9.17) is 11.7 Å². The summed E-state index contributed by atoms with van der Waals surface area (Å²) in [5, 5.41) is 0. The van der Waals surface area contributed by atoms with Gasteiger partial charge >= 0.3 is 0 Å². The van der Waals surface area contributed by atoms with Crippen LogP contribution in [0.1, 0.15) is 6.42 Å².